The zero-order valence-electron chi connectivity index (χ0n) is 18.1. The summed E-state index contributed by atoms with van der Waals surface area (Å²) >= 11 is 0. The van der Waals surface area contributed by atoms with Crippen LogP contribution >= 0.6 is 0 Å². The Labute approximate surface area is 181 Å². The third-order valence-corrected chi connectivity index (χ3v) is 5.03. The number of aromatic nitrogens is 2. The molecule has 1 amide bonds. The van der Waals surface area contributed by atoms with Crippen molar-refractivity contribution in [3.05, 3.63) is 36.7 Å². The van der Waals surface area contributed by atoms with Crippen molar-refractivity contribution in [2.45, 2.75) is 32.7 Å². The summed E-state index contributed by atoms with van der Waals surface area (Å²) < 4.78 is 15.9. The van der Waals surface area contributed by atoms with Gasteiger partial charge in [-0.1, -0.05) is 0 Å². The Bertz CT molecular complexity index is 890. The number of ether oxygens (including phenoxy) is 3. The highest BCUT2D eigenvalue weighted by Gasteiger charge is 2.28. The maximum absolute atomic E-state index is 12.5. The van der Waals surface area contributed by atoms with Crippen molar-refractivity contribution in [2.75, 3.05) is 38.3 Å². The predicted octanol–water partition coefficient (Wildman–Crippen LogP) is 2.66. The molecule has 1 unspecified atom stereocenters. The number of benzene rings is 1. The van der Waals surface area contributed by atoms with Gasteiger partial charge in [0.05, 0.1) is 20.1 Å². The Balaban J connectivity index is 1.57. The van der Waals surface area contributed by atoms with E-state index in [0.717, 1.165) is 11.6 Å². The first-order chi connectivity index (χ1) is 15.0. The number of carbonyl (C=O) groups is 2. The summed E-state index contributed by atoms with van der Waals surface area (Å²) in [6.07, 6.45) is 1.74. The fourth-order valence-corrected chi connectivity index (χ4v) is 3.45. The number of hydrogen-bond acceptors (Lipinski definition) is 8. The smallest absolute Gasteiger partial charge is 0.306 e. The zero-order valence-corrected chi connectivity index (χ0v) is 18.1. The first-order valence-corrected chi connectivity index (χ1v) is 10.3. The van der Waals surface area contributed by atoms with Gasteiger partial charge < -0.3 is 24.0 Å². The second-order valence-electron chi connectivity index (χ2n) is 7.18. The van der Waals surface area contributed by atoms with Gasteiger partial charge in [0.15, 0.2) is 0 Å². The van der Waals surface area contributed by atoms with Crippen molar-refractivity contribution in [3.63, 3.8) is 0 Å². The maximum atomic E-state index is 12.5. The average Bonchev–Trinajstić information content (AvgIpc) is 2.78. The van der Waals surface area contributed by atoms with E-state index in [1.807, 2.05) is 36.1 Å². The molecule has 1 aliphatic rings. The van der Waals surface area contributed by atoms with E-state index >= 15 is 0 Å². The third kappa shape index (κ3) is 6.07. The summed E-state index contributed by atoms with van der Waals surface area (Å²) in [5.74, 6) is 2.20. The van der Waals surface area contributed by atoms with Crippen LogP contribution in [0.1, 0.15) is 26.7 Å². The van der Waals surface area contributed by atoms with Crippen LogP contribution in [-0.2, 0) is 14.3 Å². The lowest BCUT2D eigenvalue weighted by Crippen LogP contribution is -2.54. The first kappa shape index (κ1) is 22.3. The molecule has 2 heterocycles. The van der Waals surface area contributed by atoms with Gasteiger partial charge in [0.25, 0.3) is 0 Å². The SMILES string of the molecule is CCOC(=O)CCC(=O)N1CCN(c2cc(Oc3ccc(OC)cc3)ncn2)CC1C. The summed E-state index contributed by atoms with van der Waals surface area (Å²) in [6.45, 7) is 5.89. The van der Waals surface area contributed by atoms with Crippen LogP contribution in [0.4, 0.5) is 5.82 Å². The molecule has 0 N–H and O–H groups in total. The van der Waals surface area contributed by atoms with Crippen LogP contribution in [-0.4, -0.2) is 66.1 Å². The zero-order chi connectivity index (χ0) is 22.2. The minimum Gasteiger partial charge on any atom is -0.497 e. The molecular weight excluding hydrogens is 400 g/mol. The van der Waals surface area contributed by atoms with Crippen molar-refractivity contribution in [1.29, 1.82) is 0 Å². The third-order valence-electron chi connectivity index (χ3n) is 5.03. The molecule has 1 aliphatic heterocycles. The Morgan fingerprint density at radius 2 is 1.84 bits per heavy atom. The highest BCUT2D eigenvalue weighted by atomic mass is 16.5. The lowest BCUT2D eigenvalue weighted by molar-refractivity contribution is -0.146. The number of piperazine rings is 1. The van der Waals surface area contributed by atoms with Gasteiger partial charge in [0.1, 0.15) is 23.6 Å². The average molecular weight is 428 g/mol. The van der Waals surface area contributed by atoms with Crippen LogP contribution < -0.4 is 14.4 Å². The van der Waals surface area contributed by atoms with Crippen molar-refractivity contribution in [2.24, 2.45) is 0 Å². The number of hydrogen-bond donors (Lipinski definition) is 0. The number of carbonyl (C=O) groups excluding carboxylic acids is 2. The first-order valence-electron chi connectivity index (χ1n) is 10.3. The van der Waals surface area contributed by atoms with Crippen LogP contribution in [0, 0.1) is 0 Å². The molecule has 1 aromatic carbocycles. The monoisotopic (exact) mass is 428 g/mol. The largest absolute Gasteiger partial charge is 0.497 e. The van der Waals surface area contributed by atoms with E-state index < -0.39 is 0 Å². The summed E-state index contributed by atoms with van der Waals surface area (Å²) in [5.41, 5.74) is 0. The topological polar surface area (TPSA) is 94.1 Å². The minimum atomic E-state index is -0.340. The lowest BCUT2D eigenvalue weighted by atomic mass is 10.1. The molecule has 0 bridgehead atoms. The normalized spacial score (nSPS) is 16.0. The summed E-state index contributed by atoms with van der Waals surface area (Å²) in [4.78, 5) is 36.5. The molecule has 9 nitrogen and oxygen atoms in total. The second-order valence-corrected chi connectivity index (χ2v) is 7.18. The minimum absolute atomic E-state index is 0.00984. The molecule has 31 heavy (non-hydrogen) atoms. The quantitative estimate of drug-likeness (QED) is 0.593. The van der Waals surface area contributed by atoms with Gasteiger partial charge in [-0.25, -0.2) is 9.97 Å². The Hall–Kier alpha value is -3.36. The number of amides is 1. The summed E-state index contributed by atoms with van der Waals surface area (Å²) in [7, 11) is 1.61. The molecule has 0 aliphatic carbocycles. The molecule has 1 atom stereocenters. The molecule has 9 heteroatoms. The molecule has 3 rings (SSSR count). The predicted molar refractivity (Wildman–Crippen MR) is 114 cm³/mol. The van der Waals surface area contributed by atoms with Crippen molar-refractivity contribution in [3.8, 4) is 17.4 Å². The van der Waals surface area contributed by atoms with Crippen LogP contribution in [0.3, 0.4) is 0 Å². The Kier molecular flexibility index (Phi) is 7.64. The Morgan fingerprint density at radius 3 is 2.52 bits per heavy atom. The molecule has 0 saturated carbocycles. The molecule has 0 spiro atoms. The van der Waals surface area contributed by atoms with E-state index in [2.05, 4.69) is 14.9 Å². The van der Waals surface area contributed by atoms with Gasteiger partial charge in [0, 0.05) is 38.2 Å². The van der Waals surface area contributed by atoms with E-state index in [-0.39, 0.29) is 30.8 Å². The van der Waals surface area contributed by atoms with E-state index in [4.69, 9.17) is 14.2 Å². The highest BCUT2D eigenvalue weighted by Crippen LogP contribution is 2.25. The number of esters is 1. The van der Waals surface area contributed by atoms with Gasteiger partial charge in [-0.15, -0.1) is 0 Å². The Morgan fingerprint density at radius 1 is 1.10 bits per heavy atom. The molecule has 1 saturated heterocycles. The van der Waals surface area contributed by atoms with Crippen LogP contribution in [0.5, 0.6) is 17.4 Å². The number of anilines is 1. The van der Waals surface area contributed by atoms with Gasteiger partial charge in [-0.2, -0.15) is 0 Å². The molecule has 1 fully saturated rings. The van der Waals surface area contributed by atoms with E-state index in [9.17, 15) is 9.59 Å². The van der Waals surface area contributed by atoms with Gasteiger partial charge in [-0.05, 0) is 38.1 Å². The van der Waals surface area contributed by atoms with Crippen molar-refractivity contribution >= 4 is 17.7 Å². The van der Waals surface area contributed by atoms with Crippen LogP contribution in [0.2, 0.25) is 0 Å². The lowest BCUT2D eigenvalue weighted by Gasteiger charge is -2.40. The van der Waals surface area contributed by atoms with Crippen LogP contribution in [0.15, 0.2) is 36.7 Å². The number of rotatable bonds is 8. The number of nitrogens with zero attached hydrogens (tertiary/aromatic N) is 4. The second kappa shape index (κ2) is 10.6. The van der Waals surface area contributed by atoms with E-state index in [0.29, 0.717) is 37.9 Å². The van der Waals surface area contributed by atoms with E-state index in [1.54, 1.807) is 20.1 Å². The molecule has 166 valence electrons. The van der Waals surface area contributed by atoms with Gasteiger partial charge >= 0.3 is 5.97 Å². The van der Waals surface area contributed by atoms with Crippen molar-refractivity contribution in [1.82, 2.24) is 14.9 Å². The van der Waals surface area contributed by atoms with Gasteiger partial charge in [-0.3, -0.25) is 9.59 Å². The standard InChI is InChI=1S/C22H28N4O5/c1-4-30-22(28)10-9-21(27)26-12-11-25(14-16(26)2)19-13-20(24-15-23-19)31-18-7-5-17(29-3)6-8-18/h5-8,13,15-16H,4,9-12,14H2,1-3H3. The molecule has 1 aromatic heterocycles. The molecule has 2 aromatic rings. The molecular formula is C22H28N4O5. The van der Waals surface area contributed by atoms with Gasteiger partial charge in [0.2, 0.25) is 11.8 Å². The summed E-state index contributed by atoms with van der Waals surface area (Å²) in [5, 5.41) is 0. The van der Waals surface area contributed by atoms with E-state index in [1.165, 1.54) is 6.33 Å². The highest BCUT2D eigenvalue weighted by molar-refractivity contribution is 5.81. The summed E-state index contributed by atoms with van der Waals surface area (Å²) in [6, 6.07) is 9.03. The maximum Gasteiger partial charge on any atom is 0.306 e. The van der Waals surface area contributed by atoms with Crippen LogP contribution in [0.25, 0.3) is 0 Å². The van der Waals surface area contributed by atoms with Crippen molar-refractivity contribution < 1.29 is 23.8 Å². The fourth-order valence-electron chi connectivity index (χ4n) is 3.45. The fraction of sp³-hybridized carbons (Fsp3) is 0.455. The number of methoxy groups -OCH3 is 1. The molecule has 0 radical (unpaired) electrons.